The summed E-state index contributed by atoms with van der Waals surface area (Å²) in [4.78, 5) is 21.8. The topological polar surface area (TPSA) is 124 Å². The first-order valence-electron chi connectivity index (χ1n) is 7.55. The van der Waals surface area contributed by atoms with Gasteiger partial charge in [-0.25, -0.2) is 0 Å². The molecule has 2 N–H and O–H groups in total. The van der Waals surface area contributed by atoms with E-state index in [1.54, 1.807) is 18.2 Å². The highest BCUT2D eigenvalue weighted by Crippen LogP contribution is 2.42. The number of benzene rings is 1. The molecule has 2 heterocycles. The molecule has 3 rings (SSSR count). The second kappa shape index (κ2) is 7.26. The molecule has 1 saturated heterocycles. The highest BCUT2D eigenvalue weighted by molar-refractivity contribution is 7.99. The van der Waals surface area contributed by atoms with Gasteiger partial charge in [-0.3, -0.25) is 20.2 Å². The lowest BCUT2D eigenvalue weighted by atomic mass is 10.1. The number of hydrogen-bond donors (Lipinski definition) is 2. The molecule has 1 fully saturated rings. The van der Waals surface area contributed by atoms with E-state index in [2.05, 4.69) is 5.32 Å². The van der Waals surface area contributed by atoms with Gasteiger partial charge in [-0.2, -0.15) is 0 Å². The predicted molar refractivity (Wildman–Crippen MR) is 93.7 cm³/mol. The van der Waals surface area contributed by atoms with Crippen LogP contribution in [0.2, 0.25) is 0 Å². The molecule has 2 aromatic rings. The summed E-state index contributed by atoms with van der Waals surface area (Å²) >= 11 is 1.42. The van der Waals surface area contributed by atoms with E-state index in [1.165, 1.54) is 32.0 Å². The molecule has 0 bridgehead atoms. The van der Waals surface area contributed by atoms with Crippen molar-refractivity contribution >= 4 is 23.4 Å². The summed E-state index contributed by atoms with van der Waals surface area (Å²) in [6.45, 7) is 0. The number of carboxylic acid groups (broad SMARTS) is 1. The Labute approximate surface area is 152 Å². The van der Waals surface area contributed by atoms with Crippen LogP contribution in [0.25, 0.3) is 11.3 Å². The summed E-state index contributed by atoms with van der Waals surface area (Å²) in [5.41, 5.74) is 0.220. The summed E-state index contributed by atoms with van der Waals surface area (Å²) in [5.74, 6) is 0.718. The van der Waals surface area contributed by atoms with Gasteiger partial charge >= 0.3 is 11.7 Å². The van der Waals surface area contributed by atoms with Crippen LogP contribution in [0.3, 0.4) is 0 Å². The number of thioether (sulfide) groups is 1. The Hall–Kier alpha value is -2.72. The number of nitrogens with zero attached hydrogens (tertiary/aromatic N) is 1. The number of ether oxygens (including phenoxy) is 2. The Morgan fingerprint density at radius 1 is 1.38 bits per heavy atom. The average molecular weight is 380 g/mol. The van der Waals surface area contributed by atoms with Crippen LogP contribution >= 0.6 is 11.8 Å². The number of nitro benzene ring substituents is 1. The van der Waals surface area contributed by atoms with Crippen LogP contribution in [0.4, 0.5) is 5.69 Å². The highest BCUT2D eigenvalue weighted by Gasteiger charge is 2.32. The number of aliphatic carboxylic acids is 1. The van der Waals surface area contributed by atoms with Crippen molar-refractivity contribution in [3.05, 3.63) is 40.1 Å². The summed E-state index contributed by atoms with van der Waals surface area (Å²) in [6, 6.07) is 5.69. The van der Waals surface area contributed by atoms with Crippen LogP contribution in [0.1, 0.15) is 11.1 Å². The maximum Gasteiger partial charge on any atom is 0.321 e. The van der Waals surface area contributed by atoms with E-state index in [-0.39, 0.29) is 22.6 Å². The Balaban J connectivity index is 1.93. The molecule has 10 heteroatoms. The van der Waals surface area contributed by atoms with Crippen molar-refractivity contribution in [2.75, 3.05) is 20.0 Å². The van der Waals surface area contributed by atoms with Crippen molar-refractivity contribution in [2.24, 2.45) is 0 Å². The molecule has 1 aromatic carbocycles. The lowest BCUT2D eigenvalue weighted by Crippen LogP contribution is -2.33. The minimum Gasteiger partial charge on any atom is -0.493 e. The zero-order chi connectivity index (χ0) is 18.8. The first-order chi connectivity index (χ1) is 12.4. The summed E-state index contributed by atoms with van der Waals surface area (Å²) in [5, 5.41) is 23.0. The normalized spacial score (nSPS) is 19.3. The molecular weight excluding hydrogens is 364 g/mol. The van der Waals surface area contributed by atoms with Crippen molar-refractivity contribution in [3.8, 4) is 22.8 Å². The SMILES string of the molecule is COc1cc(-c2ccc([C@@H]3N[C@H](C(=O)O)CS3)o2)cc([N+](=O)[O-])c1OC. The van der Waals surface area contributed by atoms with E-state index < -0.39 is 16.9 Å². The van der Waals surface area contributed by atoms with Crippen molar-refractivity contribution in [1.82, 2.24) is 5.32 Å². The van der Waals surface area contributed by atoms with Gasteiger partial charge in [-0.15, -0.1) is 11.8 Å². The molecule has 0 radical (unpaired) electrons. The zero-order valence-corrected chi connectivity index (χ0v) is 14.7. The van der Waals surface area contributed by atoms with E-state index in [0.29, 0.717) is 22.8 Å². The van der Waals surface area contributed by atoms with Crippen LogP contribution in [0.5, 0.6) is 11.5 Å². The third kappa shape index (κ3) is 3.33. The molecule has 26 heavy (non-hydrogen) atoms. The molecule has 138 valence electrons. The van der Waals surface area contributed by atoms with Crippen LogP contribution in [-0.2, 0) is 4.79 Å². The number of methoxy groups -OCH3 is 2. The second-order valence-corrected chi connectivity index (χ2v) is 6.60. The van der Waals surface area contributed by atoms with E-state index >= 15 is 0 Å². The maximum absolute atomic E-state index is 11.3. The number of hydrogen-bond acceptors (Lipinski definition) is 8. The smallest absolute Gasteiger partial charge is 0.321 e. The minimum absolute atomic E-state index is 0.0327. The van der Waals surface area contributed by atoms with E-state index in [4.69, 9.17) is 19.0 Å². The highest BCUT2D eigenvalue weighted by atomic mass is 32.2. The Bertz CT molecular complexity index is 851. The third-order valence-corrected chi connectivity index (χ3v) is 5.13. The van der Waals surface area contributed by atoms with Crippen LogP contribution in [0, 0.1) is 10.1 Å². The van der Waals surface area contributed by atoms with E-state index in [1.807, 2.05) is 0 Å². The maximum atomic E-state index is 11.3. The fourth-order valence-corrected chi connectivity index (χ4v) is 3.82. The van der Waals surface area contributed by atoms with Gasteiger partial charge in [0.05, 0.1) is 19.1 Å². The number of nitrogens with one attached hydrogen (secondary N) is 1. The van der Waals surface area contributed by atoms with E-state index in [9.17, 15) is 14.9 Å². The second-order valence-electron chi connectivity index (χ2n) is 5.46. The van der Waals surface area contributed by atoms with Crippen LogP contribution in [0.15, 0.2) is 28.7 Å². The van der Waals surface area contributed by atoms with Gasteiger partial charge in [-0.05, 0) is 18.2 Å². The van der Waals surface area contributed by atoms with Gasteiger partial charge in [0.15, 0.2) is 5.75 Å². The number of nitro groups is 1. The molecular formula is C16H16N2O7S. The molecule has 0 amide bonds. The standard InChI is InChI=1S/C16H16N2O7S/c1-23-13-6-8(5-10(18(21)22)14(13)24-2)11-3-4-12(25-11)15-17-9(7-26-15)16(19)20/h3-6,9,15,17H,7H2,1-2H3,(H,19,20)/t9-,15+/m0/s1. The fraction of sp³-hybridized carbons (Fsp3) is 0.312. The van der Waals surface area contributed by atoms with Crippen molar-refractivity contribution < 1.29 is 28.7 Å². The lowest BCUT2D eigenvalue weighted by Gasteiger charge is -2.10. The molecule has 1 aliphatic rings. The minimum atomic E-state index is -0.915. The Kier molecular flexibility index (Phi) is 5.05. The zero-order valence-electron chi connectivity index (χ0n) is 13.9. The first-order valence-corrected chi connectivity index (χ1v) is 8.60. The number of rotatable bonds is 6. The molecule has 2 atom stereocenters. The van der Waals surface area contributed by atoms with Gasteiger partial charge in [0.25, 0.3) is 0 Å². The van der Waals surface area contributed by atoms with Crippen molar-refractivity contribution in [1.29, 1.82) is 0 Å². The average Bonchev–Trinajstić information content (AvgIpc) is 3.29. The monoisotopic (exact) mass is 380 g/mol. The summed E-state index contributed by atoms with van der Waals surface area (Å²) < 4.78 is 16.1. The number of carbonyl (C=O) groups is 1. The molecule has 1 aliphatic heterocycles. The van der Waals surface area contributed by atoms with Crippen molar-refractivity contribution in [2.45, 2.75) is 11.4 Å². The molecule has 9 nitrogen and oxygen atoms in total. The summed E-state index contributed by atoms with van der Waals surface area (Å²) in [6.07, 6.45) is 0. The molecule has 0 aliphatic carbocycles. The van der Waals surface area contributed by atoms with Gasteiger partial charge in [0.2, 0.25) is 5.75 Å². The van der Waals surface area contributed by atoms with Crippen LogP contribution in [-0.4, -0.2) is 42.0 Å². The third-order valence-electron chi connectivity index (χ3n) is 3.91. The summed E-state index contributed by atoms with van der Waals surface area (Å²) in [7, 11) is 2.72. The number of carboxylic acids is 1. The molecule has 0 saturated carbocycles. The largest absolute Gasteiger partial charge is 0.493 e. The van der Waals surface area contributed by atoms with Crippen molar-refractivity contribution in [3.63, 3.8) is 0 Å². The lowest BCUT2D eigenvalue weighted by molar-refractivity contribution is -0.385. The Morgan fingerprint density at radius 2 is 2.15 bits per heavy atom. The molecule has 0 spiro atoms. The van der Waals surface area contributed by atoms with Crippen LogP contribution < -0.4 is 14.8 Å². The van der Waals surface area contributed by atoms with Gasteiger partial charge in [0, 0.05) is 17.4 Å². The fourth-order valence-electron chi connectivity index (χ4n) is 2.65. The van der Waals surface area contributed by atoms with Gasteiger partial charge in [0.1, 0.15) is 22.9 Å². The van der Waals surface area contributed by atoms with Gasteiger partial charge < -0.3 is 19.0 Å². The van der Waals surface area contributed by atoms with Gasteiger partial charge in [-0.1, -0.05) is 0 Å². The first kappa shape index (κ1) is 18.1. The molecule has 0 unspecified atom stereocenters. The quantitative estimate of drug-likeness (QED) is 0.575. The molecule has 1 aromatic heterocycles. The number of furan rings is 1. The predicted octanol–water partition coefficient (Wildman–Crippen LogP) is 2.66. The van der Waals surface area contributed by atoms with E-state index in [0.717, 1.165) is 0 Å². The Morgan fingerprint density at radius 3 is 2.73 bits per heavy atom.